The lowest BCUT2D eigenvalue weighted by molar-refractivity contribution is -0.274. The molecule has 162 valence electrons. The van der Waals surface area contributed by atoms with Crippen LogP contribution in [0.4, 0.5) is 13.2 Å². The molecule has 0 saturated carbocycles. The molecule has 0 fully saturated rings. The van der Waals surface area contributed by atoms with Gasteiger partial charge in [-0.25, -0.2) is 0 Å². The van der Waals surface area contributed by atoms with E-state index in [1.54, 1.807) is 12.1 Å². The Morgan fingerprint density at radius 2 is 1.71 bits per heavy atom. The zero-order valence-corrected chi connectivity index (χ0v) is 16.7. The number of methoxy groups -OCH3 is 1. The van der Waals surface area contributed by atoms with E-state index >= 15 is 0 Å². The Labute approximate surface area is 179 Å². The average Bonchev–Trinajstić information content (AvgIpc) is 2.72. The summed E-state index contributed by atoms with van der Waals surface area (Å²) in [5.74, 6) is -0.725. The second-order valence-electron chi connectivity index (χ2n) is 6.32. The number of ether oxygens (including phenoxy) is 2. The Morgan fingerprint density at radius 1 is 1.03 bits per heavy atom. The van der Waals surface area contributed by atoms with Crippen LogP contribution in [0.3, 0.4) is 0 Å². The molecule has 0 aliphatic heterocycles. The van der Waals surface area contributed by atoms with Crippen molar-refractivity contribution in [2.45, 2.75) is 6.36 Å². The molecule has 6 nitrogen and oxygen atoms in total. The van der Waals surface area contributed by atoms with E-state index < -0.39 is 17.9 Å². The highest BCUT2D eigenvalue weighted by Gasteiger charge is 2.32. The predicted molar refractivity (Wildman–Crippen MR) is 110 cm³/mol. The van der Waals surface area contributed by atoms with Crippen LogP contribution in [0.2, 0.25) is 5.02 Å². The summed E-state index contributed by atoms with van der Waals surface area (Å²) in [6, 6.07) is 12.6. The smallest absolute Gasteiger partial charge is 0.508 e. The molecule has 3 rings (SSSR count). The lowest BCUT2D eigenvalue weighted by Crippen LogP contribution is -2.19. The molecule has 0 heterocycles. The van der Waals surface area contributed by atoms with Crippen LogP contribution in [0.25, 0.3) is 22.3 Å². The largest absolute Gasteiger partial charge is 0.573 e. The molecule has 0 aliphatic rings. The van der Waals surface area contributed by atoms with Gasteiger partial charge in [-0.3, -0.25) is 0 Å². The Bertz CT molecular complexity index is 1130. The van der Waals surface area contributed by atoms with Gasteiger partial charge in [-0.15, -0.1) is 13.2 Å². The van der Waals surface area contributed by atoms with Crippen LogP contribution < -0.4 is 15.2 Å². The van der Waals surface area contributed by atoms with Crippen molar-refractivity contribution in [3.8, 4) is 39.5 Å². The minimum atomic E-state index is -4.97. The number of hydrogen-bond donors (Lipinski definition) is 3. The SMILES string of the molecule is COc1ccc(Cl)cc1-c1c(C(N)=NO)cc(OC(F)(F)F)cc1-c1ccc(O)cc1. The van der Waals surface area contributed by atoms with Gasteiger partial charge in [0.1, 0.15) is 17.2 Å². The molecule has 0 saturated heterocycles. The molecule has 10 heteroatoms. The zero-order valence-electron chi connectivity index (χ0n) is 15.9. The van der Waals surface area contributed by atoms with E-state index in [2.05, 4.69) is 9.89 Å². The second-order valence-corrected chi connectivity index (χ2v) is 6.75. The van der Waals surface area contributed by atoms with Crippen molar-refractivity contribution in [1.82, 2.24) is 0 Å². The van der Waals surface area contributed by atoms with Crippen molar-refractivity contribution in [3.05, 3.63) is 65.2 Å². The van der Waals surface area contributed by atoms with E-state index in [4.69, 9.17) is 22.1 Å². The first-order chi connectivity index (χ1) is 14.6. The fraction of sp³-hybridized carbons (Fsp3) is 0.0952. The number of amidine groups is 1. The van der Waals surface area contributed by atoms with Gasteiger partial charge in [-0.2, -0.15) is 0 Å². The second kappa shape index (κ2) is 8.65. The molecule has 31 heavy (non-hydrogen) atoms. The minimum Gasteiger partial charge on any atom is -0.508 e. The summed E-state index contributed by atoms with van der Waals surface area (Å²) in [5.41, 5.74) is 7.11. The van der Waals surface area contributed by atoms with Gasteiger partial charge in [-0.05, 0) is 53.6 Å². The highest BCUT2D eigenvalue weighted by atomic mass is 35.5. The quantitative estimate of drug-likeness (QED) is 0.209. The van der Waals surface area contributed by atoms with Crippen molar-refractivity contribution in [3.63, 3.8) is 0 Å². The monoisotopic (exact) mass is 452 g/mol. The number of benzene rings is 3. The first kappa shape index (κ1) is 22.1. The van der Waals surface area contributed by atoms with Crippen molar-refractivity contribution in [1.29, 1.82) is 0 Å². The number of phenolic OH excluding ortho intramolecular Hbond substituents is 1. The van der Waals surface area contributed by atoms with Gasteiger partial charge >= 0.3 is 6.36 Å². The van der Waals surface area contributed by atoms with Gasteiger partial charge in [0.25, 0.3) is 0 Å². The molecule has 0 aliphatic carbocycles. The van der Waals surface area contributed by atoms with E-state index in [1.165, 1.54) is 37.4 Å². The number of hydrogen-bond acceptors (Lipinski definition) is 5. The highest BCUT2D eigenvalue weighted by Crippen LogP contribution is 2.44. The van der Waals surface area contributed by atoms with E-state index in [1.807, 2.05) is 0 Å². The standard InChI is InChI=1S/C21H16ClF3N2O4/c1-30-18-7-4-12(22)8-16(18)19-15(11-2-5-13(28)6-3-11)9-14(31-21(23,24)25)10-17(19)20(26)27-29/h2-10,28-29H,1H3,(H2,26,27). The van der Waals surface area contributed by atoms with E-state index in [-0.39, 0.29) is 22.4 Å². The van der Waals surface area contributed by atoms with Crippen molar-refractivity contribution >= 4 is 17.4 Å². The molecule has 0 unspecified atom stereocenters. The first-order valence-electron chi connectivity index (χ1n) is 8.68. The molecule has 3 aromatic carbocycles. The van der Waals surface area contributed by atoms with Gasteiger partial charge in [0.2, 0.25) is 0 Å². The molecule has 0 radical (unpaired) electrons. The van der Waals surface area contributed by atoms with Gasteiger partial charge in [0.05, 0.1) is 7.11 Å². The molecule has 0 spiro atoms. The van der Waals surface area contributed by atoms with Crippen molar-refractivity contribution < 1.29 is 33.0 Å². The maximum Gasteiger partial charge on any atom is 0.573 e. The zero-order chi connectivity index (χ0) is 22.8. The van der Waals surface area contributed by atoms with Crippen LogP contribution in [0.5, 0.6) is 17.2 Å². The fourth-order valence-corrected chi connectivity index (χ4v) is 3.27. The number of halogens is 4. The summed E-state index contributed by atoms with van der Waals surface area (Å²) in [4.78, 5) is 0. The summed E-state index contributed by atoms with van der Waals surface area (Å²) in [7, 11) is 1.41. The number of aromatic hydroxyl groups is 1. The summed E-state index contributed by atoms with van der Waals surface area (Å²) < 4.78 is 48.3. The number of phenols is 1. The van der Waals surface area contributed by atoms with Gasteiger partial charge in [0, 0.05) is 21.7 Å². The van der Waals surface area contributed by atoms with Crippen LogP contribution in [0, 0.1) is 0 Å². The Morgan fingerprint density at radius 3 is 2.29 bits per heavy atom. The number of rotatable bonds is 5. The molecule has 0 aromatic heterocycles. The fourth-order valence-electron chi connectivity index (χ4n) is 3.10. The normalized spacial score (nSPS) is 12.0. The number of nitrogens with two attached hydrogens (primary N) is 1. The average molecular weight is 453 g/mol. The molecule has 0 bridgehead atoms. The maximum atomic E-state index is 12.9. The van der Waals surface area contributed by atoms with Crippen LogP contribution in [0.1, 0.15) is 5.56 Å². The molecule has 4 N–H and O–H groups in total. The summed E-state index contributed by atoms with van der Waals surface area (Å²) in [6.45, 7) is 0. The van der Waals surface area contributed by atoms with Crippen LogP contribution in [0.15, 0.2) is 59.8 Å². The first-order valence-corrected chi connectivity index (χ1v) is 9.05. The third-order valence-corrected chi connectivity index (χ3v) is 4.57. The lowest BCUT2D eigenvalue weighted by Gasteiger charge is -2.20. The molecular weight excluding hydrogens is 437 g/mol. The van der Waals surface area contributed by atoms with Crippen molar-refractivity contribution in [2.75, 3.05) is 7.11 Å². The van der Waals surface area contributed by atoms with E-state index in [9.17, 15) is 23.5 Å². The van der Waals surface area contributed by atoms with Gasteiger partial charge < -0.3 is 25.5 Å². The van der Waals surface area contributed by atoms with Crippen LogP contribution in [-0.4, -0.2) is 29.6 Å². The number of oxime groups is 1. The number of nitrogens with zero attached hydrogens (tertiary/aromatic N) is 1. The molecule has 0 amide bonds. The van der Waals surface area contributed by atoms with Gasteiger partial charge in [0.15, 0.2) is 5.84 Å². The summed E-state index contributed by atoms with van der Waals surface area (Å²) in [6.07, 6.45) is -4.97. The summed E-state index contributed by atoms with van der Waals surface area (Å²) >= 11 is 6.15. The molecular formula is C21H16ClF3N2O4. The van der Waals surface area contributed by atoms with Gasteiger partial charge in [-0.1, -0.05) is 28.9 Å². The van der Waals surface area contributed by atoms with E-state index in [0.29, 0.717) is 21.9 Å². The Balaban J connectivity index is 2.44. The Hall–Kier alpha value is -3.59. The molecule has 0 atom stereocenters. The topological polar surface area (TPSA) is 97.3 Å². The lowest BCUT2D eigenvalue weighted by atomic mass is 9.89. The summed E-state index contributed by atoms with van der Waals surface area (Å²) in [5, 5.41) is 22.2. The Kier molecular flexibility index (Phi) is 6.16. The molecule has 3 aromatic rings. The van der Waals surface area contributed by atoms with E-state index in [0.717, 1.165) is 12.1 Å². The third kappa shape index (κ3) is 4.95. The minimum absolute atomic E-state index is 0.0370. The van der Waals surface area contributed by atoms with Crippen LogP contribution >= 0.6 is 11.6 Å². The highest BCUT2D eigenvalue weighted by molar-refractivity contribution is 6.31. The number of alkyl halides is 3. The maximum absolute atomic E-state index is 12.9. The van der Waals surface area contributed by atoms with Crippen LogP contribution in [-0.2, 0) is 0 Å². The van der Waals surface area contributed by atoms with Crippen molar-refractivity contribution in [2.24, 2.45) is 10.9 Å². The third-order valence-electron chi connectivity index (χ3n) is 4.34. The predicted octanol–water partition coefficient (Wildman–Crippen LogP) is 5.38.